The van der Waals surface area contributed by atoms with Crippen LogP contribution in [0.5, 0.6) is 5.75 Å². The van der Waals surface area contributed by atoms with Gasteiger partial charge in [0, 0.05) is 30.1 Å². The molecule has 1 aromatic carbocycles. The van der Waals surface area contributed by atoms with Gasteiger partial charge in [-0.2, -0.15) is 0 Å². The van der Waals surface area contributed by atoms with E-state index in [2.05, 4.69) is 12.2 Å². The third-order valence-electron chi connectivity index (χ3n) is 3.94. The highest BCUT2D eigenvalue weighted by molar-refractivity contribution is 5.59. The largest absolute Gasteiger partial charge is 0.491 e. The predicted molar refractivity (Wildman–Crippen MR) is 86.2 cm³/mol. The topological polar surface area (TPSA) is 47.3 Å². The van der Waals surface area contributed by atoms with Crippen molar-refractivity contribution in [2.45, 2.75) is 52.6 Å². The molecular weight excluding hydrogens is 248 g/mol. The van der Waals surface area contributed by atoms with E-state index >= 15 is 0 Å². The maximum Gasteiger partial charge on any atom is 0.123 e. The minimum absolute atomic E-state index is 0.170. The molecule has 0 spiro atoms. The number of ether oxygens (including phenoxy) is 1. The molecule has 1 saturated carbocycles. The molecule has 2 rings (SSSR count). The van der Waals surface area contributed by atoms with E-state index in [9.17, 15) is 0 Å². The highest BCUT2D eigenvalue weighted by Crippen LogP contribution is 2.29. The van der Waals surface area contributed by atoms with Crippen LogP contribution in [0.3, 0.4) is 0 Å². The van der Waals surface area contributed by atoms with Crippen molar-refractivity contribution < 1.29 is 4.74 Å². The summed E-state index contributed by atoms with van der Waals surface area (Å²) >= 11 is 0. The van der Waals surface area contributed by atoms with Crippen molar-refractivity contribution in [2.75, 3.05) is 17.6 Å². The lowest BCUT2D eigenvalue weighted by atomic mass is 9.82. The molecule has 0 aliphatic heterocycles. The molecule has 20 heavy (non-hydrogen) atoms. The SMILES string of the molecule is CC1CCCC(CNc2cc(N)cc(OC(C)C)c2)C1. The van der Waals surface area contributed by atoms with Gasteiger partial charge in [-0.25, -0.2) is 0 Å². The van der Waals surface area contributed by atoms with Crippen molar-refractivity contribution in [1.29, 1.82) is 0 Å². The molecule has 0 amide bonds. The van der Waals surface area contributed by atoms with Gasteiger partial charge in [-0.15, -0.1) is 0 Å². The molecule has 1 aromatic rings. The molecule has 1 aliphatic rings. The summed E-state index contributed by atoms with van der Waals surface area (Å²) in [5, 5.41) is 3.53. The second kappa shape index (κ2) is 6.87. The zero-order chi connectivity index (χ0) is 14.5. The van der Waals surface area contributed by atoms with Crippen LogP contribution in [0.15, 0.2) is 18.2 Å². The summed E-state index contributed by atoms with van der Waals surface area (Å²) in [4.78, 5) is 0. The van der Waals surface area contributed by atoms with Crippen LogP contribution < -0.4 is 15.8 Å². The average Bonchev–Trinajstić information content (AvgIpc) is 2.35. The Bertz CT molecular complexity index is 431. The average molecular weight is 276 g/mol. The summed E-state index contributed by atoms with van der Waals surface area (Å²) < 4.78 is 5.72. The van der Waals surface area contributed by atoms with Crippen LogP contribution in [0, 0.1) is 11.8 Å². The predicted octanol–water partition coefficient (Wildman–Crippen LogP) is 4.29. The standard InChI is InChI=1S/C17H28N2O/c1-12(2)20-17-9-15(18)8-16(10-17)19-11-14-6-4-5-13(3)7-14/h8-10,12-14,19H,4-7,11,18H2,1-3H3. The second-order valence-corrected chi connectivity index (χ2v) is 6.48. The van der Waals surface area contributed by atoms with E-state index in [1.54, 1.807) is 0 Å². The molecular formula is C17H28N2O. The Labute approximate surface area is 122 Å². The number of rotatable bonds is 5. The quantitative estimate of drug-likeness (QED) is 0.788. The number of hydrogen-bond donors (Lipinski definition) is 2. The Morgan fingerprint density at radius 3 is 2.80 bits per heavy atom. The Hall–Kier alpha value is -1.38. The van der Waals surface area contributed by atoms with Gasteiger partial charge in [0.15, 0.2) is 0 Å². The molecule has 3 nitrogen and oxygen atoms in total. The van der Waals surface area contributed by atoms with Crippen LogP contribution in [-0.2, 0) is 0 Å². The lowest BCUT2D eigenvalue weighted by molar-refractivity contribution is 0.242. The molecule has 1 fully saturated rings. The molecule has 0 saturated heterocycles. The first-order valence-corrected chi connectivity index (χ1v) is 7.84. The summed E-state index contributed by atoms with van der Waals surface area (Å²) in [5.74, 6) is 2.50. The Morgan fingerprint density at radius 2 is 2.10 bits per heavy atom. The smallest absolute Gasteiger partial charge is 0.123 e. The van der Waals surface area contributed by atoms with Crippen LogP contribution in [0.2, 0.25) is 0 Å². The summed E-state index contributed by atoms with van der Waals surface area (Å²) in [5.41, 5.74) is 7.77. The third kappa shape index (κ3) is 4.62. The fraction of sp³-hybridized carbons (Fsp3) is 0.647. The molecule has 1 aliphatic carbocycles. The van der Waals surface area contributed by atoms with E-state index < -0.39 is 0 Å². The molecule has 0 bridgehead atoms. The normalized spacial score (nSPS) is 22.8. The molecule has 3 heteroatoms. The van der Waals surface area contributed by atoms with Crippen molar-refractivity contribution in [2.24, 2.45) is 11.8 Å². The molecule has 2 unspecified atom stereocenters. The lowest BCUT2D eigenvalue weighted by Crippen LogP contribution is -2.21. The minimum Gasteiger partial charge on any atom is -0.491 e. The van der Waals surface area contributed by atoms with Crippen molar-refractivity contribution in [3.8, 4) is 5.75 Å². The fourth-order valence-corrected chi connectivity index (χ4v) is 3.07. The zero-order valence-electron chi connectivity index (χ0n) is 13.0. The highest BCUT2D eigenvalue weighted by Gasteiger charge is 2.18. The number of nitrogens with two attached hydrogens (primary N) is 1. The third-order valence-corrected chi connectivity index (χ3v) is 3.94. The zero-order valence-corrected chi connectivity index (χ0v) is 13.0. The summed E-state index contributed by atoms with van der Waals surface area (Å²) in [6.07, 6.45) is 5.61. The van der Waals surface area contributed by atoms with E-state index in [4.69, 9.17) is 10.5 Å². The molecule has 112 valence electrons. The lowest BCUT2D eigenvalue weighted by Gasteiger charge is -2.27. The first-order valence-electron chi connectivity index (χ1n) is 7.84. The molecule has 0 radical (unpaired) electrons. The van der Waals surface area contributed by atoms with E-state index in [0.29, 0.717) is 0 Å². The van der Waals surface area contributed by atoms with Crippen LogP contribution in [0.4, 0.5) is 11.4 Å². The van der Waals surface area contributed by atoms with Crippen LogP contribution in [-0.4, -0.2) is 12.6 Å². The van der Waals surface area contributed by atoms with Crippen molar-refractivity contribution in [3.05, 3.63) is 18.2 Å². The van der Waals surface area contributed by atoms with Gasteiger partial charge < -0.3 is 15.8 Å². The number of hydrogen-bond acceptors (Lipinski definition) is 3. The Balaban J connectivity index is 1.93. The van der Waals surface area contributed by atoms with E-state index in [0.717, 1.165) is 35.5 Å². The van der Waals surface area contributed by atoms with Crippen LogP contribution in [0.25, 0.3) is 0 Å². The maximum atomic E-state index is 5.95. The van der Waals surface area contributed by atoms with Gasteiger partial charge in [0.1, 0.15) is 5.75 Å². The number of anilines is 2. The summed E-state index contributed by atoms with van der Waals surface area (Å²) in [7, 11) is 0. The first-order chi connectivity index (χ1) is 9.52. The van der Waals surface area contributed by atoms with Gasteiger partial charge in [-0.3, -0.25) is 0 Å². The van der Waals surface area contributed by atoms with Crippen LogP contribution in [0.1, 0.15) is 46.5 Å². The van der Waals surface area contributed by atoms with Gasteiger partial charge in [0.25, 0.3) is 0 Å². The highest BCUT2D eigenvalue weighted by atomic mass is 16.5. The van der Waals surface area contributed by atoms with Crippen molar-refractivity contribution in [1.82, 2.24) is 0 Å². The molecule has 0 heterocycles. The Morgan fingerprint density at radius 1 is 1.30 bits per heavy atom. The van der Waals surface area contributed by atoms with Crippen molar-refractivity contribution in [3.63, 3.8) is 0 Å². The Kier molecular flexibility index (Phi) is 5.16. The second-order valence-electron chi connectivity index (χ2n) is 6.48. The van der Waals surface area contributed by atoms with Gasteiger partial charge >= 0.3 is 0 Å². The van der Waals surface area contributed by atoms with Crippen LogP contribution >= 0.6 is 0 Å². The van der Waals surface area contributed by atoms with E-state index in [1.165, 1.54) is 25.7 Å². The maximum absolute atomic E-state index is 5.95. The van der Waals surface area contributed by atoms with E-state index in [-0.39, 0.29) is 6.10 Å². The van der Waals surface area contributed by atoms with Gasteiger partial charge in [-0.1, -0.05) is 19.8 Å². The molecule has 2 atom stereocenters. The fourth-order valence-electron chi connectivity index (χ4n) is 3.07. The minimum atomic E-state index is 0.170. The summed E-state index contributed by atoms with van der Waals surface area (Å²) in [6.45, 7) is 7.45. The number of benzene rings is 1. The van der Waals surface area contributed by atoms with Gasteiger partial charge in [0.05, 0.1) is 6.10 Å². The molecule has 0 aromatic heterocycles. The number of nitrogen functional groups attached to an aromatic ring is 1. The molecule has 3 N–H and O–H groups in total. The van der Waals surface area contributed by atoms with Gasteiger partial charge in [-0.05, 0) is 44.6 Å². The first kappa shape index (κ1) is 15.0. The van der Waals surface area contributed by atoms with Crippen molar-refractivity contribution >= 4 is 11.4 Å². The van der Waals surface area contributed by atoms with Gasteiger partial charge in [0.2, 0.25) is 0 Å². The monoisotopic (exact) mass is 276 g/mol. The summed E-state index contributed by atoms with van der Waals surface area (Å²) in [6, 6.07) is 5.91. The van der Waals surface area contributed by atoms with E-state index in [1.807, 2.05) is 32.0 Å². The number of nitrogens with one attached hydrogen (secondary N) is 1.